The average molecular weight is 222 g/mol. The highest BCUT2D eigenvalue weighted by Crippen LogP contribution is 2.05. The maximum absolute atomic E-state index is 3.83. The second kappa shape index (κ2) is 7.23. The molecule has 3 heteroatoms. The molecule has 0 aromatic heterocycles. The number of rotatable bonds is 8. The Hall–Kier alpha value is -1.09. The molecule has 0 aromatic carbocycles. The van der Waals surface area contributed by atoms with E-state index in [0.29, 0.717) is 0 Å². The standard InChI is InChI=1S/C13H24N3/c1-4-7-13-15(6-3)11-12-16(13)10-9-14-8-5-2/h4-5,14H,1-2,6-12H2,3H3/q+1. The minimum atomic E-state index is 0.891. The van der Waals surface area contributed by atoms with Crippen molar-refractivity contribution in [3.63, 3.8) is 0 Å². The molecule has 0 bridgehead atoms. The van der Waals surface area contributed by atoms with Crippen LogP contribution in [0.4, 0.5) is 0 Å². The van der Waals surface area contributed by atoms with E-state index in [0.717, 1.165) is 45.7 Å². The molecule has 0 unspecified atom stereocenters. The number of hydrogen-bond donors (Lipinski definition) is 1. The molecule has 0 atom stereocenters. The molecule has 1 aliphatic heterocycles. The first-order valence-corrected chi connectivity index (χ1v) is 6.11. The molecular formula is C13H24N3+. The van der Waals surface area contributed by atoms with Crippen molar-refractivity contribution in [2.45, 2.75) is 13.3 Å². The van der Waals surface area contributed by atoms with Crippen molar-refractivity contribution in [3.8, 4) is 0 Å². The lowest BCUT2D eigenvalue weighted by molar-refractivity contribution is -0.517. The highest BCUT2D eigenvalue weighted by atomic mass is 15.3. The van der Waals surface area contributed by atoms with E-state index < -0.39 is 0 Å². The van der Waals surface area contributed by atoms with Crippen LogP contribution in [0.5, 0.6) is 0 Å². The van der Waals surface area contributed by atoms with Gasteiger partial charge in [0.05, 0.1) is 19.5 Å². The summed E-state index contributed by atoms with van der Waals surface area (Å²) in [6.07, 6.45) is 4.87. The fourth-order valence-electron chi connectivity index (χ4n) is 2.09. The van der Waals surface area contributed by atoms with E-state index in [4.69, 9.17) is 0 Å². The van der Waals surface area contributed by atoms with Crippen LogP contribution in [0.3, 0.4) is 0 Å². The van der Waals surface area contributed by atoms with Gasteiger partial charge in [0.2, 0.25) is 0 Å². The first kappa shape index (κ1) is 13.0. The van der Waals surface area contributed by atoms with E-state index >= 15 is 0 Å². The van der Waals surface area contributed by atoms with Gasteiger partial charge in [0, 0.05) is 13.1 Å². The van der Waals surface area contributed by atoms with E-state index in [1.807, 2.05) is 12.2 Å². The van der Waals surface area contributed by atoms with Crippen LogP contribution in [0.25, 0.3) is 0 Å². The molecule has 16 heavy (non-hydrogen) atoms. The molecule has 0 aromatic rings. The van der Waals surface area contributed by atoms with Crippen LogP contribution in [0, 0.1) is 0 Å². The van der Waals surface area contributed by atoms with E-state index in [2.05, 4.69) is 34.9 Å². The van der Waals surface area contributed by atoms with E-state index in [1.165, 1.54) is 5.84 Å². The molecule has 1 rings (SSSR count). The number of nitrogens with zero attached hydrogens (tertiary/aromatic N) is 2. The monoisotopic (exact) mass is 222 g/mol. The predicted molar refractivity (Wildman–Crippen MR) is 70.1 cm³/mol. The summed E-state index contributed by atoms with van der Waals surface area (Å²) in [5, 5.41) is 3.34. The van der Waals surface area contributed by atoms with Crippen LogP contribution in [0.15, 0.2) is 25.3 Å². The van der Waals surface area contributed by atoms with Gasteiger partial charge in [-0.05, 0) is 6.92 Å². The molecule has 3 nitrogen and oxygen atoms in total. The van der Waals surface area contributed by atoms with Gasteiger partial charge in [0.25, 0.3) is 5.84 Å². The summed E-state index contributed by atoms with van der Waals surface area (Å²) in [6, 6.07) is 0. The average Bonchev–Trinajstić information content (AvgIpc) is 2.68. The highest BCUT2D eigenvalue weighted by molar-refractivity contribution is 5.79. The molecule has 0 saturated heterocycles. The predicted octanol–water partition coefficient (Wildman–Crippen LogP) is 1.08. The summed E-state index contributed by atoms with van der Waals surface area (Å²) in [6.45, 7) is 16.1. The van der Waals surface area contributed by atoms with Crippen LogP contribution >= 0.6 is 0 Å². The van der Waals surface area contributed by atoms with Gasteiger partial charge in [0.15, 0.2) is 0 Å². The van der Waals surface area contributed by atoms with Crippen LogP contribution in [-0.4, -0.2) is 54.6 Å². The van der Waals surface area contributed by atoms with Gasteiger partial charge in [-0.3, -0.25) is 9.48 Å². The third-order valence-electron chi connectivity index (χ3n) is 2.93. The maximum Gasteiger partial charge on any atom is 0.250 e. The smallest absolute Gasteiger partial charge is 0.250 e. The van der Waals surface area contributed by atoms with E-state index in [9.17, 15) is 0 Å². The SMILES string of the molecule is C=CCNCC[N+]1=C(CC=C)N(CC)CC1. The number of likely N-dealkylation sites (N-methyl/N-ethyl adjacent to an activating group) is 1. The van der Waals surface area contributed by atoms with Gasteiger partial charge >= 0.3 is 0 Å². The third kappa shape index (κ3) is 3.49. The van der Waals surface area contributed by atoms with Gasteiger partial charge in [-0.15, -0.1) is 13.2 Å². The fourth-order valence-corrected chi connectivity index (χ4v) is 2.09. The Morgan fingerprint density at radius 3 is 2.88 bits per heavy atom. The van der Waals surface area contributed by atoms with Gasteiger partial charge in [-0.25, -0.2) is 0 Å². The topological polar surface area (TPSA) is 18.3 Å². The van der Waals surface area contributed by atoms with Crippen LogP contribution in [0.1, 0.15) is 13.3 Å². The summed E-state index contributed by atoms with van der Waals surface area (Å²) in [7, 11) is 0. The first-order chi connectivity index (χ1) is 7.83. The van der Waals surface area contributed by atoms with E-state index in [-0.39, 0.29) is 0 Å². The Morgan fingerprint density at radius 2 is 2.25 bits per heavy atom. The number of nitrogens with one attached hydrogen (secondary N) is 1. The minimum Gasteiger partial charge on any atom is -0.309 e. The second-order valence-electron chi connectivity index (χ2n) is 3.97. The summed E-state index contributed by atoms with van der Waals surface area (Å²) in [5.41, 5.74) is 0. The summed E-state index contributed by atoms with van der Waals surface area (Å²) in [4.78, 5) is 2.44. The maximum atomic E-state index is 3.83. The molecule has 0 spiro atoms. The zero-order valence-corrected chi connectivity index (χ0v) is 10.4. The van der Waals surface area contributed by atoms with Crippen LogP contribution < -0.4 is 5.32 Å². The third-order valence-corrected chi connectivity index (χ3v) is 2.93. The molecule has 0 amide bonds. The normalized spacial score (nSPS) is 15.7. The Labute approximate surface area is 99.1 Å². The van der Waals surface area contributed by atoms with Crippen molar-refractivity contribution in [1.82, 2.24) is 10.2 Å². The molecule has 1 N–H and O–H groups in total. The van der Waals surface area contributed by atoms with Crippen molar-refractivity contribution in [1.29, 1.82) is 0 Å². The molecule has 90 valence electrons. The van der Waals surface area contributed by atoms with Gasteiger partial charge in [-0.2, -0.15) is 0 Å². The zero-order valence-electron chi connectivity index (χ0n) is 10.4. The minimum absolute atomic E-state index is 0.891. The lowest BCUT2D eigenvalue weighted by atomic mass is 10.3. The lowest BCUT2D eigenvalue weighted by Gasteiger charge is -2.09. The van der Waals surface area contributed by atoms with Gasteiger partial charge < -0.3 is 5.32 Å². The molecule has 1 heterocycles. The van der Waals surface area contributed by atoms with Crippen molar-refractivity contribution >= 4 is 5.84 Å². The second-order valence-corrected chi connectivity index (χ2v) is 3.97. The Kier molecular flexibility index (Phi) is 5.86. The van der Waals surface area contributed by atoms with Crippen LogP contribution in [-0.2, 0) is 0 Å². The molecule has 0 saturated carbocycles. The quantitative estimate of drug-likeness (QED) is 0.376. The number of amidine groups is 1. The zero-order chi connectivity index (χ0) is 11.8. The van der Waals surface area contributed by atoms with Crippen molar-refractivity contribution < 1.29 is 4.58 Å². The Bertz CT molecular complexity index is 268. The Morgan fingerprint density at radius 1 is 1.44 bits per heavy atom. The lowest BCUT2D eigenvalue weighted by Crippen LogP contribution is -2.31. The van der Waals surface area contributed by atoms with Crippen molar-refractivity contribution in [2.24, 2.45) is 0 Å². The van der Waals surface area contributed by atoms with Gasteiger partial charge in [0.1, 0.15) is 13.1 Å². The molecular weight excluding hydrogens is 198 g/mol. The Balaban J connectivity index is 2.49. The van der Waals surface area contributed by atoms with Crippen LogP contribution in [0.2, 0.25) is 0 Å². The van der Waals surface area contributed by atoms with Crippen molar-refractivity contribution in [2.75, 3.05) is 39.3 Å². The first-order valence-electron chi connectivity index (χ1n) is 6.11. The molecule has 1 aliphatic rings. The molecule has 0 aliphatic carbocycles. The summed E-state index contributed by atoms with van der Waals surface area (Å²) >= 11 is 0. The van der Waals surface area contributed by atoms with E-state index in [1.54, 1.807) is 0 Å². The summed E-state index contributed by atoms with van der Waals surface area (Å²) in [5.74, 6) is 1.43. The number of hydrogen-bond acceptors (Lipinski definition) is 2. The molecule has 0 fully saturated rings. The largest absolute Gasteiger partial charge is 0.309 e. The van der Waals surface area contributed by atoms with Gasteiger partial charge in [-0.1, -0.05) is 12.2 Å². The highest BCUT2D eigenvalue weighted by Gasteiger charge is 2.27. The van der Waals surface area contributed by atoms with Crippen molar-refractivity contribution in [3.05, 3.63) is 25.3 Å². The fraction of sp³-hybridized carbons (Fsp3) is 0.615. The molecule has 0 radical (unpaired) electrons. The summed E-state index contributed by atoms with van der Waals surface area (Å²) < 4.78 is 2.46.